The first kappa shape index (κ1) is 106. The molecule has 0 aliphatic heterocycles. The average molecular weight is 1890 g/mol. The number of aromatic nitrogens is 4. The summed E-state index contributed by atoms with van der Waals surface area (Å²) in [6, 6.07) is 33.2. The van der Waals surface area contributed by atoms with Gasteiger partial charge < -0.3 is 82.8 Å². The Morgan fingerprint density at radius 1 is 0.491 bits per heavy atom. The number of rotatable bonds is 35. The maximum Gasteiger partial charge on any atom is 0.407 e. The number of alkyl halides is 1. The Bertz CT molecular complexity index is 3940. The van der Waals surface area contributed by atoms with Crippen molar-refractivity contribution in [3.63, 3.8) is 0 Å². The third kappa shape index (κ3) is 54.9. The minimum absolute atomic E-state index is 0. The highest BCUT2D eigenvalue weighted by molar-refractivity contribution is 14.0. The minimum atomic E-state index is -0.665. The molecule has 0 aliphatic carbocycles. The molecule has 6 rings (SSSR count). The number of amides is 8. The molecule has 0 fully saturated rings. The molecule has 39 heteroatoms. The number of nitrogens with zero attached hydrogens (tertiary/aromatic N) is 5. The van der Waals surface area contributed by atoms with Crippen molar-refractivity contribution >= 4 is 205 Å². The fourth-order valence-electron chi connectivity index (χ4n) is 8.50. The summed E-state index contributed by atoms with van der Waals surface area (Å²) in [4.78, 5) is 112. The summed E-state index contributed by atoms with van der Waals surface area (Å²) in [7, 11) is 0. The number of aryl methyl sites for hydroxylation is 4. The molecule has 30 nitrogen and oxygen atoms in total. The van der Waals surface area contributed by atoms with Crippen LogP contribution < -0.4 is 78.6 Å². The van der Waals surface area contributed by atoms with Gasteiger partial charge in [0.15, 0.2) is 56.1 Å². The van der Waals surface area contributed by atoms with E-state index < -0.39 is 23.0 Å². The van der Waals surface area contributed by atoms with Crippen LogP contribution in [0.1, 0.15) is 162 Å². The molecule has 0 bridgehead atoms. The van der Waals surface area contributed by atoms with Gasteiger partial charge in [-0.2, -0.15) is 0 Å². The normalized spacial score (nSPS) is 10.6. The van der Waals surface area contributed by atoms with Crippen LogP contribution in [0.5, 0.6) is 0 Å². The average Bonchev–Trinajstić information content (AvgIpc) is 0.840. The number of benzene rings is 4. The van der Waals surface area contributed by atoms with Crippen molar-refractivity contribution in [1.82, 2.24) is 41.2 Å². The van der Waals surface area contributed by atoms with Crippen molar-refractivity contribution in [1.29, 1.82) is 5.41 Å². The molecule has 0 spiro atoms. The lowest BCUT2D eigenvalue weighted by molar-refractivity contribution is -0.118. The molecule has 0 unspecified atom stereocenters. The molecule has 4 aromatic carbocycles. The molecular formula is C75H112BrCl2IN20O10S5. The van der Waals surface area contributed by atoms with E-state index in [9.17, 15) is 38.4 Å². The van der Waals surface area contributed by atoms with E-state index in [2.05, 4.69) is 148 Å². The zero-order valence-electron chi connectivity index (χ0n) is 65.4. The zero-order valence-corrected chi connectivity index (χ0v) is 75.0. The van der Waals surface area contributed by atoms with Gasteiger partial charge in [-0.1, -0.05) is 99.4 Å². The Labute approximate surface area is 726 Å². The third-order valence-electron chi connectivity index (χ3n) is 14.0. The van der Waals surface area contributed by atoms with Gasteiger partial charge in [0.05, 0.1) is 0 Å². The number of anilines is 4. The predicted molar refractivity (Wildman–Crippen MR) is 483 cm³/mol. The van der Waals surface area contributed by atoms with Crippen molar-refractivity contribution in [3.8, 4) is 0 Å². The van der Waals surface area contributed by atoms with Crippen LogP contribution in [0.4, 0.5) is 32.9 Å². The minimum Gasteiger partial charge on any atom is -0.444 e. The van der Waals surface area contributed by atoms with Gasteiger partial charge >= 0.3 is 12.2 Å². The number of halogens is 4. The van der Waals surface area contributed by atoms with Gasteiger partial charge in [0.25, 0.3) is 11.8 Å². The largest absolute Gasteiger partial charge is 0.444 e. The van der Waals surface area contributed by atoms with E-state index >= 15 is 0 Å². The number of nitrogens with two attached hydrogens (primary N) is 10. The Kier molecular flexibility index (Phi) is 56.6. The van der Waals surface area contributed by atoms with Crippen LogP contribution in [-0.2, 0) is 54.3 Å². The fraction of sp³-hybridized carbons (Fsp3) is 0.440. The number of unbranched alkanes of at least 4 members (excludes halogenated alkanes) is 4. The summed E-state index contributed by atoms with van der Waals surface area (Å²) >= 11 is 24.6. The topological polar surface area (TPSA) is 551 Å². The standard InChI is InChI=1S/C19H25ClN8O2S.C18H28N2O3S.C15H23NO2S.C13H20N2OS.C7H9ClN6OS.C3H6BrNO.HI/c20-15-17(23)27-16(22)14(26-15)18(30)28-19(24)25-9-2-1-3-11-4-6-12(7-5-11)31-10-8-13(21)29;1-18(2,3)23-17(22)20-12-5-4-6-14-7-9-15(10-8-14)24-13-11-16(19)21;1-15(2,3)18-14(17)16-11-5-4-6-12-7-9-13(19)10-8-12;14-9-2-1-3-11-4-6-12(7-5-11)17-10-8-13(15)16;1-16-7(11)14-6(15)2-4(9)13-5(10)3(8)12-2;4-2-1-3(5)6;/h4-7H,1-3,8-10H2,(H2,21,29)(H4,22,23,27)(H3,24,25,28,30);7-10H,4-6,11-13H2,1-3H3,(H2,19,21)(H,20,22);7-10,19H,4-6,11H2,1-3H3,(H,16,17);4-7H,1-3,8-10,14H2,(H2,15,16);1H3,(H4,9,10,13)(H2,11,14,15);1-2H2,(H2,5,6);1H. The second kappa shape index (κ2) is 60.7. The highest BCUT2D eigenvalue weighted by Crippen LogP contribution is 2.24. The number of nitrogens with one attached hydrogen (secondary N) is 5. The van der Waals surface area contributed by atoms with Crippen LogP contribution in [0.15, 0.2) is 122 Å². The molecule has 114 heavy (non-hydrogen) atoms. The Balaban J connectivity index is 0.00000140. The number of guanidine groups is 1. The smallest absolute Gasteiger partial charge is 0.407 e. The number of carbonyl (C=O) groups excluding carboxylic acids is 8. The van der Waals surface area contributed by atoms with Gasteiger partial charge in [-0.05, 0) is 202 Å². The van der Waals surface area contributed by atoms with Crippen LogP contribution in [0.2, 0.25) is 10.3 Å². The molecule has 25 N–H and O–H groups in total. The van der Waals surface area contributed by atoms with Crippen molar-refractivity contribution < 1.29 is 47.8 Å². The maximum atomic E-state index is 12.2. The third-order valence-corrected chi connectivity index (χ3v) is 18.8. The summed E-state index contributed by atoms with van der Waals surface area (Å²) in [5.74, 6) is -0.657. The van der Waals surface area contributed by atoms with Gasteiger partial charge in [-0.15, -0.1) is 71.9 Å². The molecule has 630 valence electrons. The Morgan fingerprint density at radius 3 is 1.12 bits per heavy atom. The lowest BCUT2D eigenvalue weighted by atomic mass is 10.1. The first-order chi connectivity index (χ1) is 53.3. The van der Waals surface area contributed by atoms with E-state index in [1.165, 1.54) is 27.1 Å². The summed E-state index contributed by atoms with van der Waals surface area (Å²) in [5.41, 5.74) is 57.1. The lowest BCUT2D eigenvalue weighted by Crippen LogP contribution is -2.38. The summed E-state index contributed by atoms with van der Waals surface area (Å²) < 4.78 is 10.3. The van der Waals surface area contributed by atoms with E-state index in [1.54, 1.807) is 41.5 Å². The molecule has 0 saturated carbocycles. The number of carbonyl (C=O) groups is 8. The number of hydrogen-bond acceptors (Lipinski definition) is 26. The highest BCUT2D eigenvalue weighted by Gasteiger charge is 2.20. The van der Waals surface area contributed by atoms with Crippen molar-refractivity contribution in [2.24, 2.45) is 39.4 Å². The first-order valence-corrected chi connectivity index (χ1v) is 42.3. The first-order valence-electron chi connectivity index (χ1n) is 35.8. The number of amidine groups is 1. The van der Waals surface area contributed by atoms with Crippen molar-refractivity contribution in [3.05, 3.63) is 141 Å². The quantitative estimate of drug-likeness (QED) is 0.00334. The summed E-state index contributed by atoms with van der Waals surface area (Å²) in [6.07, 6.45) is 14.4. The number of aliphatic imine (C=N–C) groups is 1. The molecule has 2 aromatic heterocycles. The number of thioether (sulfide) groups is 4. The monoisotopic (exact) mass is 1890 g/mol. The second-order valence-corrected chi connectivity index (χ2v) is 32.5. The van der Waals surface area contributed by atoms with Crippen LogP contribution in [0, 0.1) is 5.41 Å². The second-order valence-electron chi connectivity index (χ2n) is 26.1. The zero-order chi connectivity index (χ0) is 84.9. The van der Waals surface area contributed by atoms with E-state index in [0.717, 1.165) is 116 Å². The highest BCUT2D eigenvalue weighted by atomic mass is 127. The maximum absolute atomic E-state index is 12.2. The van der Waals surface area contributed by atoms with Crippen molar-refractivity contribution in [2.45, 2.75) is 175 Å². The summed E-state index contributed by atoms with van der Waals surface area (Å²) in [6.45, 7) is 13.6. The van der Waals surface area contributed by atoms with Gasteiger partial charge in [-0.3, -0.25) is 44.5 Å². The van der Waals surface area contributed by atoms with E-state index in [4.69, 9.17) is 95.4 Å². The van der Waals surface area contributed by atoms with Crippen LogP contribution in [-0.4, -0.2) is 145 Å². The number of alkyl carbamates (subject to hydrolysis) is 2. The van der Waals surface area contributed by atoms with Gasteiger partial charge in [-0.25, -0.2) is 29.5 Å². The van der Waals surface area contributed by atoms with Crippen LogP contribution in [0.25, 0.3) is 0 Å². The fourth-order valence-corrected chi connectivity index (χ4v) is 12.1. The van der Waals surface area contributed by atoms with Crippen LogP contribution in [0.3, 0.4) is 0 Å². The Morgan fingerprint density at radius 2 is 0.816 bits per heavy atom. The number of hydrogen-bond donors (Lipinski definition) is 16. The van der Waals surface area contributed by atoms with E-state index in [0.29, 0.717) is 62.2 Å². The number of thiol groups is 1. The van der Waals surface area contributed by atoms with Gasteiger partial charge in [0.2, 0.25) is 23.6 Å². The Hall–Kier alpha value is -7.76. The molecule has 8 amide bonds. The molecule has 0 aliphatic rings. The predicted octanol–water partition coefficient (Wildman–Crippen LogP) is 11.8. The molecule has 0 radical (unpaired) electrons. The SMILES string of the molecule is CC(C)(C)OC(=O)NCCCCc1ccc(S)cc1.CC(C)(C)OC(=O)NCCCCc1ccc(SCCC(N)=O)cc1.CSC(=N)NC(=O)c1nc(Cl)c(N)nc1N.I.NC(=O)CCBr.NC(=O)CCSc1ccc(CCCCN=C(N)NC(=O)c2nc(Cl)c(N)nc2N)cc1.NCCCCc1ccc(SCCC(N)=O)cc1. The molecule has 0 saturated heterocycles. The van der Waals surface area contributed by atoms with Crippen molar-refractivity contribution in [2.75, 3.05) is 78.0 Å². The van der Waals surface area contributed by atoms with Gasteiger partial charge in [0, 0.05) is 87.5 Å². The van der Waals surface area contributed by atoms with E-state index in [1.807, 2.05) is 65.8 Å². The van der Waals surface area contributed by atoms with Gasteiger partial charge in [0.1, 0.15) is 11.2 Å². The number of ether oxygens (including phenoxy) is 2. The van der Waals surface area contributed by atoms with E-state index in [-0.39, 0.29) is 116 Å². The molecular weight excluding hydrogens is 1780 g/mol. The lowest BCUT2D eigenvalue weighted by Gasteiger charge is -2.19. The molecule has 0 atom stereocenters. The molecule has 2 heterocycles. The number of primary amides is 4. The number of nitrogen functional groups attached to an aromatic ring is 4. The molecule has 6 aromatic rings. The van der Waals surface area contributed by atoms with Crippen LogP contribution >= 0.6 is 123 Å². The summed E-state index contributed by atoms with van der Waals surface area (Å²) in [5, 5.41) is 17.9.